The van der Waals surface area contributed by atoms with Gasteiger partial charge in [0.05, 0.1) is 29.8 Å². The van der Waals surface area contributed by atoms with Crippen LogP contribution in [0.25, 0.3) is 0 Å². The molecule has 0 amide bonds. The van der Waals surface area contributed by atoms with Crippen molar-refractivity contribution < 1.29 is 4.74 Å². The average molecular weight is 374 g/mol. The van der Waals surface area contributed by atoms with Crippen molar-refractivity contribution in [3.05, 3.63) is 28.2 Å². The molecule has 0 aromatic heterocycles. The number of benzene rings is 1. The Morgan fingerprint density at radius 3 is 2.70 bits per heavy atom. The van der Waals surface area contributed by atoms with Gasteiger partial charge in [-0.2, -0.15) is 0 Å². The highest BCUT2D eigenvalue weighted by molar-refractivity contribution is 7.80. The Bertz CT molecular complexity index is 621. The molecule has 2 aliphatic rings. The van der Waals surface area contributed by atoms with Crippen molar-refractivity contribution >= 4 is 52.2 Å². The van der Waals surface area contributed by atoms with Gasteiger partial charge in [0, 0.05) is 25.3 Å². The zero-order chi connectivity index (χ0) is 16.2. The molecular weight excluding hydrogens is 357 g/mol. The molecule has 1 aromatic carbocycles. The minimum absolute atomic E-state index is 0.487. The summed E-state index contributed by atoms with van der Waals surface area (Å²) in [5.41, 5.74) is 4.10. The summed E-state index contributed by atoms with van der Waals surface area (Å²) in [5, 5.41) is 6.83. The Balaban J connectivity index is 1.61. The number of morpholine rings is 1. The van der Waals surface area contributed by atoms with Gasteiger partial charge in [0.25, 0.3) is 0 Å². The number of aliphatic imine (C=N–C) groups is 1. The van der Waals surface area contributed by atoms with Gasteiger partial charge < -0.3 is 10.1 Å². The van der Waals surface area contributed by atoms with Gasteiger partial charge in [-0.25, -0.2) is 10.0 Å². The molecule has 0 bridgehead atoms. The molecule has 0 atom stereocenters. The summed E-state index contributed by atoms with van der Waals surface area (Å²) >= 11 is 17.5. The molecule has 6 nitrogen and oxygen atoms in total. The fourth-order valence-corrected chi connectivity index (χ4v) is 2.92. The Morgan fingerprint density at radius 2 is 1.96 bits per heavy atom. The van der Waals surface area contributed by atoms with E-state index in [2.05, 4.69) is 20.7 Å². The highest BCUT2D eigenvalue weighted by atomic mass is 35.5. The molecule has 0 spiro atoms. The van der Waals surface area contributed by atoms with Crippen molar-refractivity contribution in [2.45, 2.75) is 0 Å². The molecular formula is C14H17Cl2N5OS. The third-order valence-electron chi connectivity index (χ3n) is 3.53. The van der Waals surface area contributed by atoms with Crippen LogP contribution in [-0.2, 0) is 4.74 Å². The number of guanidine groups is 1. The van der Waals surface area contributed by atoms with Gasteiger partial charge in [0.2, 0.25) is 5.96 Å². The Hall–Kier alpha value is -1.12. The number of hydrogen-bond acceptors (Lipinski definition) is 5. The number of hydrogen-bond donors (Lipinski definition) is 2. The second-order valence-corrected chi connectivity index (χ2v) is 6.33. The summed E-state index contributed by atoms with van der Waals surface area (Å²) < 4.78 is 5.34. The SMILES string of the molecule is S=C(Nc1ccc(Cl)c(Cl)c1)N1CCN=C1NN1CCOCC1. The number of halogens is 2. The number of ether oxygens (including phenoxy) is 1. The lowest BCUT2D eigenvalue weighted by Gasteiger charge is -2.31. The molecule has 1 saturated heterocycles. The zero-order valence-corrected chi connectivity index (χ0v) is 14.7. The Morgan fingerprint density at radius 1 is 1.17 bits per heavy atom. The van der Waals surface area contributed by atoms with E-state index in [9.17, 15) is 0 Å². The van der Waals surface area contributed by atoms with Crippen LogP contribution in [0.15, 0.2) is 23.2 Å². The van der Waals surface area contributed by atoms with Crippen LogP contribution in [-0.4, -0.2) is 60.4 Å². The number of anilines is 1. The molecule has 0 aliphatic carbocycles. The van der Waals surface area contributed by atoms with Crippen LogP contribution < -0.4 is 10.7 Å². The van der Waals surface area contributed by atoms with E-state index < -0.39 is 0 Å². The summed E-state index contributed by atoms with van der Waals surface area (Å²) in [6.07, 6.45) is 0. The second kappa shape index (κ2) is 7.63. The van der Waals surface area contributed by atoms with Gasteiger partial charge >= 0.3 is 0 Å². The van der Waals surface area contributed by atoms with Gasteiger partial charge in [-0.15, -0.1) is 0 Å². The van der Waals surface area contributed by atoms with Gasteiger partial charge in [0.15, 0.2) is 5.11 Å². The largest absolute Gasteiger partial charge is 0.379 e. The van der Waals surface area contributed by atoms with Gasteiger partial charge in [-0.1, -0.05) is 23.2 Å². The standard InChI is InChI=1S/C14H17Cl2N5OS/c15-11-2-1-10(9-12(11)16)18-14(23)21-4-3-17-13(21)19-20-5-7-22-8-6-20/h1-2,9H,3-8H2,(H,17,19)(H,18,23). The molecule has 0 unspecified atom stereocenters. The van der Waals surface area contributed by atoms with E-state index in [1.165, 1.54) is 0 Å². The Kier molecular flexibility index (Phi) is 5.55. The number of thiocarbonyl (C=S) groups is 1. The van der Waals surface area contributed by atoms with Crippen LogP contribution in [0.2, 0.25) is 10.0 Å². The monoisotopic (exact) mass is 373 g/mol. The van der Waals surface area contributed by atoms with E-state index in [1.807, 2.05) is 11.0 Å². The number of nitrogens with one attached hydrogen (secondary N) is 2. The summed E-state index contributed by atoms with van der Waals surface area (Å²) in [6.45, 7) is 4.51. The number of rotatable bonds is 2. The summed E-state index contributed by atoms with van der Waals surface area (Å²) in [7, 11) is 0. The van der Waals surface area contributed by atoms with E-state index in [4.69, 9.17) is 40.2 Å². The molecule has 2 heterocycles. The third kappa shape index (κ3) is 4.24. The normalized spacial score (nSPS) is 18.7. The molecule has 1 aromatic rings. The smallest absolute Gasteiger partial charge is 0.215 e. The van der Waals surface area contributed by atoms with E-state index in [0.29, 0.717) is 34.9 Å². The molecule has 23 heavy (non-hydrogen) atoms. The Labute approximate surface area is 150 Å². The zero-order valence-electron chi connectivity index (χ0n) is 12.4. The maximum Gasteiger partial charge on any atom is 0.215 e. The van der Waals surface area contributed by atoms with Crippen LogP contribution in [0, 0.1) is 0 Å². The second-order valence-electron chi connectivity index (χ2n) is 5.13. The van der Waals surface area contributed by atoms with Crippen molar-refractivity contribution in [2.24, 2.45) is 4.99 Å². The molecule has 124 valence electrons. The molecule has 2 N–H and O–H groups in total. The first-order valence-corrected chi connectivity index (χ1v) is 8.47. The highest BCUT2D eigenvalue weighted by Gasteiger charge is 2.23. The van der Waals surface area contributed by atoms with Crippen LogP contribution in [0.3, 0.4) is 0 Å². The quantitative estimate of drug-likeness (QED) is 0.775. The highest BCUT2D eigenvalue weighted by Crippen LogP contribution is 2.25. The first-order valence-electron chi connectivity index (χ1n) is 7.31. The molecule has 0 saturated carbocycles. The summed E-state index contributed by atoms with van der Waals surface area (Å²) in [4.78, 5) is 6.42. The molecule has 9 heteroatoms. The molecule has 3 rings (SSSR count). The maximum absolute atomic E-state index is 6.03. The fourth-order valence-electron chi connectivity index (χ4n) is 2.32. The lowest BCUT2D eigenvalue weighted by Crippen LogP contribution is -2.54. The first kappa shape index (κ1) is 16.7. The van der Waals surface area contributed by atoms with E-state index in [-0.39, 0.29) is 0 Å². The molecule has 2 aliphatic heterocycles. The first-order chi connectivity index (χ1) is 11.1. The van der Waals surface area contributed by atoms with Crippen molar-refractivity contribution in [3.8, 4) is 0 Å². The van der Waals surface area contributed by atoms with E-state index in [0.717, 1.165) is 31.3 Å². The maximum atomic E-state index is 6.03. The lowest BCUT2D eigenvalue weighted by molar-refractivity contribution is 0.0236. The topological polar surface area (TPSA) is 52.1 Å². The van der Waals surface area contributed by atoms with Crippen LogP contribution in [0.1, 0.15) is 0 Å². The van der Waals surface area contributed by atoms with Crippen molar-refractivity contribution in [2.75, 3.05) is 44.7 Å². The van der Waals surface area contributed by atoms with Crippen LogP contribution in [0.5, 0.6) is 0 Å². The van der Waals surface area contributed by atoms with Gasteiger partial charge in [-0.05, 0) is 30.4 Å². The van der Waals surface area contributed by atoms with Crippen molar-refractivity contribution in [1.82, 2.24) is 15.3 Å². The fraction of sp³-hybridized carbons (Fsp3) is 0.429. The van der Waals surface area contributed by atoms with Crippen LogP contribution >= 0.6 is 35.4 Å². The predicted molar refractivity (Wildman–Crippen MR) is 97.2 cm³/mol. The lowest BCUT2D eigenvalue weighted by atomic mass is 10.3. The van der Waals surface area contributed by atoms with E-state index in [1.54, 1.807) is 12.1 Å². The summed E-state index contributed by atoms with van der Waals surface area (Å²) in [6, 6.07) is 5.32. The molecule has 0 radical (unpaired) electrons. The van der Waals surface area contributed by atoms with Gasteiger partial charge in [0.1, 0.15) is 0 Å². The predicted octanol–water partition coefficient (Wildman–Crippen LogP) is 2.20. The number of nitrogens with zero attached hydrogens (tertiary/aromatic N) is 3. The minimum Gasteiger partial charge on any atom is -0.379 e. The average Bonchev–Trinajstić information content (AvgIpc) is 3.00. The summed E-state index contributed by atoms with van der Waals surface area (Å²) in [5.74, 6) is 0.754. The van der Waals surface area contributed by atoms with E-state index >= 15 is 0 Å². The third-order valence-corrected chi connectivity index (χ3v) is 4.59. The van der Waals surface area contributed by atoms with Crippen molar-refractivity contribution in [1.29, 1.82) is 0 Å². The van der Waals surface area contributed by atoms with Gasteiger partial charge in [-0.3, -0.25) is 10.3 Å². The van der Waals surface area contributed by atoms with Crippen molar-refractivity contribution in [3.63, 3.8) is 0 Å². The minimum atomic E-state index is 0.487. The number of hydrazine groups is 1. The molecule has 1 fully saturated rings. The van der Waals surface area contributed by atoms with Crippen LogP contribution in [0.4, 0.5) is 5.69 Å².